The van der Waals surface area contributed by atoms with Crippen LogP contribution in [0.2, 0.25) is 0 Å². The van der Waals surface area contributed by atoms with E-state index in [1.54, 1.807) is 0 Å². The maximum absolute atomic E-state index is 14.6. The highest BCUT2D eigenvalue weighted by molar-refractivity contribution is 5.61. The van der Waals surface area contributed by atoms with Gasteiger partial charge in [0.1, 0.15) is 17.6 Å². The van der Waals surface area contributed by atoms with Crippen molar-refractivity contribution in [2.45, 2.75) is 25.6 Å². The van der Waals surface area contributed by atoms with Crippen LogP contribution in [0.5, 0.6) is 0 Å². The van der Waals surface area contributed by atoms with Gasteiger partial charge in [0.15, 0.2) is 5.82 Å². The largest absolute Gasteiger partial charge is 0.386 e. The number of rotatable bonds is 6. The predicted molar refractivity (Wildman–Crippen MR) is 83.9 cm³/mol. The summed E-state index contributed by atoms with van der Waals surface area (Å²) in [6, 6.07) is 6.74. The quantitative estimate of drug-likeness (QED) is 0.705. The van der Waals surface area contributed by atoms with Crippen molar-refractivity contribution in [3.63, 3.8) is 0 Å². The molecule has 0 aliphatic rings. The molecule has 128 valence electrons. The molecule has 1 aromatic carbocycles. The molecule has 2 aromatic rings. The maximum atomic E-state index is 14.6. The first kappa shape index (κ1) is 18.0. The van der Waals surface area contributed by atoms with Crippen molar-refractivity contribution in [3.05, 3.63) is 53.2 Å². The number of nitrogens with zero attached hydrogens (tertiary/aromatic N) is 1. The number of nitrogens with one attached hydrogen (secondary N) is 1. The fraction of sp³-hybridized carbons (Fsp3) is 0.294. The van der Waals surface area contributed by atoms with Gasteiger partial charge in [-0.25, -0.2) is 13.8 Å². The highest BCUT2D eigenvalue weighted by Gasteiger charge is 2.27. The van der Waals surface area contributed by atoms with E-state index in [1.165, 1.54) is 44.2 Å². The molecule has 0 saturated carbocycles. The van der Waals surface area contributed by atoms with Crippen LogP contribution in [0.15, 0.2) is 30.3 Å². The molecule has 2 rings (SSSR count). The fourth-order valence-corrected chi connectivity index (χ4v) is 2.24. The zero-order valence-electron chi connectivity index (χ0n) is 13.3. The molecule has 3 N–H and O–H groups in total. The molecule has 1 amide bonds. The van der Waals surface area contributed by atoms with Crippen molar-refractivity contribution in [2.75, 3.05) is 6.54 Å². The Morgan fingerprint density at radius 2 is 1.92 bits per heavy atom. The second kappa shape index (κ2) is 7.02. The monoisotopic (exact) mass is 336 g/mol. The summed E-state index contributed by atoms with van der Waals surface area (Å²) in [6.45, 7) is 2.57. The van der Waals surface area contributed by atoms with Crippen LogP contribution in [0.25, 0.3) is 11.3 Å². The van der Waals surface area contributed by atoms with Gasteiger partial charge in [0.05, 0.1) is 11.3 Å². The highest BCUT2D eigenvalue weighted by atomic mass is 19.1. The fourth-order valence-electron chi connectivity index (χ4n) is 2.24. The number of halogens is 2. The predicted octanol–water partition coefficient (Wildman–Crippen LogP) is 2.03. The van der Waals surface area contributed by atoms with Crippen LogP contribution in [0.4, 0.5) is 8.78 Å². The lowest BCUT2D eigenvalue weighted by molar-refractivity contribution is -0.110. The number of carbonyl (C=O) groups is 1. The maximum Gasteiger partial charge on any atom is 0.207 e. The molecule has 0 saturated heterocycles. The number of carbonyl (C=O) groups excluding carboxylic acids is 1. The Balaban J connectivity index is 2.59. The second-order valence-electron chi connectivity index (χ2n) is 5.86. The molecule has 0 aliphatic heterocycles. The number of hydrogen-bond acceptors (Lipinski definition) is 4. The van der Waals surface area contributed by atoms with Crippen molar-refractivity contribution in [1.29, 1.82) is 0 Å². The number of hydrogen-bond donors (Lipinski definition) is 3. The molecule has 1 aromatic heterocycles. The van der Waals surface area contributed by atoms with E-state index in [2.05, 4.69) is 10.3 Å². The summed E-state index contributed by atoms with van der Waals surface area (Å²) < 4.78 is 27.7. The second-order valence-corrected chi connectivity index (χ2v) is 5.86. The number of benzene rings is 1. The number of aliphatic hydroxyl groups excluding tert-OH is 1. The van der Waals surface area contributed by atoms with E-state index in [-0.39, 0.29) is 23.5 Å². The van der Waals surface area contributed by atoms with E-state index in [0.29, 0.717) is 12.0 Å². The van der Waals surface area contributed by atoms with E-state index in [1.807, 2.05) is 0 Å². The SMILES string of the molecule is CC(C)(O)c1cc(-c2ccc(F)cc2)nc(C(O)CNC=O)c1F. The van der Waals surface area contributed by atoms with E-state index in [9.17, 15) is 23.8 Å². The van der Waals surface area contributed by atoms with Gasteiger partial charge in [0, 0.05) is 17.7 Å². The highest BCUT2D eigenvalue weighted by Crippen LogP contribution is 2.31. The lowest BCUT2D eigenvalue weighted by atomic mass is 9.94. The summed E-state index contributed by atoms with van der Waals surface area (Å²) in [4.78, 5) is 14.4. The molecular formula is C17H18F2N2O3. The molecule has 0 bridgehead atoms. The van der Waals surface area contributed by atoms with Gasteiger partial charge < -0.3 is 15.5 Å². The Labute approximate surface area is 138 Å². The van der Waals surface area contributed by atoms with Crippen molar-refractivity contribution in [2.24, 2.45) is 0 Å². The number of pyridine rings is 1. The topological polar surface area (TPSA) is 82.5 Å². The van der Waals surface area contributed by atoms with Crippen LogP contribution in [0, 0.1) is 11.6 Å². The normalized spacial score (nSPS) is 12.8. The molecule has 1 heterocycles. The minimum Gasteiger partial charge on any atom is -0.386 e. The van der Waals surface area contributed by atoms with Gasteiger partial charge in [-0.2, -0.15) is 0 Å². The number of amides is 1. The molecule has 24 heavy (non-hydrogen) atoms. The van der Waals surface area contributed by atoms with Crippen LogP contribution in [-0.2, 0) is 10.4 Å². The lowest BCUT2D eigenvalue weighted by Gasteiger charge is -2.22. The summed E-state index contributed by atoms with van der Waals surface area (Å²) in [5.74, 6) is -1.28. The molecule has 0 fully saturated rings. The van der Waals surface area contributed by atoms with Crippen LogP contribution in [-0.4, -0.2) is 28.2 Å². The van der Waals surface area contributed by atoms with Gasteiger partial charge in [-0.1, -0.05) is 0 Å². The molecule has 5 nitrogen and oxygen atoms in total. The first-order valence-corrected chi connectivity index (χ1v) is 7.28. The van der Waals surface area contributed by atoms with Crippen molar-refractivity contribution in [3.8, 4) is 11.3 Å². The number of aromatic nitrogens is 1. The first-order valence-electron chi connectivity index (χ1n) is 7.28. The molecule has 0 radical (unpaired) electrons. The van der Waals surface area contributed by atoms with Crippen molar-refractivity contribution in [1.82, 2.24) is 10.3 Å². The van der Waals surface area contributed by atoms with Gasteiger partial charge in [0.2, 0.25) is 6.41 Å². The lowest BCUT2D eigenvalue weighted by Crippen LogP contribution is -2.24. The van der Waals surface area contributed by atoms with Gasteiger partial charge in [-0.15, -0.1) is 0 Å². The minimum atomic E-state index is -1.52. The molecule has 1 atom stereocenters. The first-order chi connectivity index (χ1) is 11.2. The van der Waals surface area contributed by atoms with Crippen LogP contribution >= 0.6 is 0 Å². The average molecular weight is 336 g/mol. The van der Waals surface area contributed by atoms with Gasteiger partial charge in [-0.05, 0) is 44.2 Å². The zero-order valence-corrected chi connectivity index (χ0v) is 13.3. The van der Waals surface area contributed by atoms with Gasteiger partial charge >= 0.3 is 0 Å². The summed E-state index contributed by atoms with van der Waals surface area (Å²) in [6.07, 6.45) is -1.02. The van der Waals surface area contributed by atoms with Crippen molar-refractivity contribution >= 4 is 6.41 Å². The van der Waals surface area contributed by atoms with Crippen LogP contribution in [0.1, 0.15) is 31.2 Å². The average Bonchev–Trinajstić information content (AvgIpc) is 2.52. The van der Waals surface area contributed by atoms with E-state index in [0.717, 1.165) is 0 Å². The van der Waals surface area contributed by atoms with E-state index < -0.39 is 23.3 Å². The van der Waals surface area contributed by atoms with E-state index in [4.69, 9.17) is 0 Å². The Morgan fingerprint density at radius 1 is 1.29 bits per heavy atom. The summed E-state index contributed by atoms with van der Waals surface area (Å²) in [5.41, 5.74) is -1.11. The Morgan fingerprint density at radius 3 is 2.46 bits per heavy atom. The standard InChI is InChI=1S/C17H18F2N2O3/c1-17(2,24)12-7-13(10-3-5-11(18)6-4-10)21-16(15(12)19)14(23)8-20-9-22/h3-7,9,14,23-24H,8H2,1-2H3,(H,20,22). The number of aliphatic hydroxyl groups is 2. The Hall–Kier alpha value is -2.38. The smallest absolute Gasteiger partial charge is 0.207 e. The van der Waals surface area contributed by atoms with Crippen LogP contribution < -0.4 is 5.32 Å². The van der Waals surface area contributed by atoms with Gasteiger partial charge in [-0.3, -0.25) is 4.79 Å². The summed E-state index contributed by atoms with van der Waals surface area (Å²) >= 11 is 0. The third-order valence-corrected chi connectivity index (χ3v) is 3.49. The molecule has 1 unspecified atom stereocenters. The van der Waals surface area contributed by atoms with Crippen LogP contribution in [0.3, 0.4) is 0 Å². The minimum absolute atomic E-state index is 0.0584. The van der Waals surface area contributed by atoms with Crippen molar-refractivity contribution < 1.29 is 23.8 Å². The third kappa shape index (κ3) is 3.93. The molecular weight excluding hydrogens is 318 g/mol. The zero-order chi connectivity index (χ0) is 17.9. The molecule has 0 aliphatic carbocycles. The summed E-state index contributed by atoms with van der Waals surface area (Å²) in [7, 11) is 0. The van der Waals surface area contributed by atoms with Gasteiger partial charge in [0.25, 0.3) is 0 Å². The molecule has 0 spiro atoms. The third-order valence-electron chi connectivity index (χ3n) is 3.49. The molecule has 7 heteroatoms. The van der Waals surface area contributed by atoms with E-state index >= 15 is 0 Å². The Kier molecular flexibility index (Phi) is 5.26. The summed E-state index contributed by atoms with van der Waals surface area (Å²) in [5, 5.41) is 22.5. The Bertz CT molecular complexity index is 728.